The van der Waals surface area contributed by atoms with Crippen molar-refractivity contribution in [3.63, 3.8) is 0 Å². The van der Waals surface area contributed by atoms with Gasteiger partial charge < -0.3 is 4.57 Å². The molecule has 0 aliphatic rings. The van der Waals surface area contributed by atoms with Gasteiger partial charge in [0.05, 0.1) is 10.2 Å². The van der Waals surface area contributed by atoms with Crippen LogP contribution in [0.4, 0.5) is 0 Å². The van der Waals surface area contributed by atoms with Gasteiger partial charge in [-0.1, -0.05) is 24.3 Å². The van der Waals surface area contributed by atoms with E-state index in [0.717, 1.165) is 14.6 Å². The Morgan fingerprint density at radius 3 is 2.85 bits per heavy atom. The third kappa shape index (κ3) is 2.78. The molecule has 0 aliphatic heterocycles. The number of H-pyrrole nitrogens is 1. The summed E-state index contributed by atoms with van der Waals surface area (Å²) in [6, 6.07) is 7.92. The fourth-order valence-electron chi connectivity index (χ4n) is 2.65. The average Bonchev–Trinajstić information content (AvgIpc) is 3.19. The lowest BCUT2D eigenvalue weighted by molar-refractivity contribution is 0.743. The summed E-state index contributed by atoms with van der Waals surface area (Å²) in [5.41, 5.74) is 0.771. The molecule has 0 unspecified atom stereocenters. The van der Waals surface area contributed by atoms with Crippen molar-refractivity contribution in [3.8, 4) is 0 Å². The zero-order valence-electron chi connectivity index (χ0n) is 14.1. The number of thiazole rings is 1. The number of aromatic nitrogens is 5. The molecule has 1 N–H and O–H groups in total. The molecule has 9 heteroatoms. The van der Waals surface area contributed by atoms with Gasteiger partial charge in [0, 0.05) is 13.6 Å². The molecule has 0 atom stereocenters. The van der Waals surface area contributed by atoms with Crippen LogP contribution in [0.5, 0.6) is 0 Å². The Bertz CT molecular complexity index is 1230. The van der Waals surface area contributed by atoms with Crippen LogP contribution in [0.2, 0.25) is 0 Å². The number of fused-ring (bicyclic) bond motifs is 2. The van der Waals surface area contributed by atoms with Gasteiger partial charge in [-0.05, 0) is 30.8 Å². The molecule has 3 aromatic heterocycles. The van der Waals surface area contributed by atoms with E-state index in [-0.39, 0.29) is 0 Å². The number of benzene rings is 1. The van der Waals surface area contributed by atoms with Crippen LogP contribution in [0.1, 0.15) is 6.92 Å². The lowest BCUT2D eigenvalue weighted by Gasteiger charge is -2.04. The van der Waals surface area contributed by atoms with Gasteiger partial charge >= 0.3 is 5.69 Å². The number of allylic oxidation sites excluding steroid dienone is 2. The number of nitrogens with one attached hydrogen (secondary N) is 1. The Hall–Kier alpha value is -2.65. The third-order valence-electron chi connectivity index (χ3n) is 3.95. The van der Waals surface area contributed by atoms with Crippen molar-refractivity contribution >= 4 is 44.5 Å². The van der Waals surface area contributed by atoms with E-state index in [0.29, 0.717) is 22.9 Å². The lowest BCUT2D eigenvalue weighted by atomic mass is 10.3. The van der Waals surface area contributed by atoms with Crippen molar-refractivity contribution < 1.29 is 0 Å². The van der Waals surface area contributed by atoms with E-state index in [1.165, 1.54) is 16.3 Å². The number of aryl methyl sites for hydroxylation is 1. The molecule has 26 heavy (non-hydrogen) atoms. The van der Waals surface area contributed by atoms with E-state index in [1.807, 2.05) is 47.9 Å². The van der Waals surface area contributed by atoms with Crippen molar-refractivity contribution in [2.45, 2.75) is 23.0 Å². The Balaban J connectivity index is 1.90. The molecule has 7 nitrogen and oxygen atoms in total. The fraction of sp³-hybridized carbons (Fsp3) is 0.176. The smallest absolute Gasteiger partial charge is 0.309 e. The first-order valence-electron chi connectivity index (χ1n) is 7.92. The molecule has 0 fully saturated rings. The minimum Gasteiger partial charge on any atom is -0.309 e. The molecule has 3 heterocycles. The van der Waals surface area contributed by atoms with E-state index in [1.54, 1.807) is 18.4 Å². The molecule has 0 bridgehead atoms. The zero-order valence-corrected chi connectivity index (χ0v) is 15.7. The van der Waals surface area contributed by atoms with Crippen LogP contribution in [0.15, 0.2) is 55.5 Å². The van der Waals surface area contributed by atoms with Gasteiger partial charge in [-0.25, -0.2) is 14.8 Å². The number of aromatic amines is 1. The fourth-order valence-corrected chi connectivity index (χ4v) is 4.71. The monoisotopic (exact) mass is 385 g/mol. The van der Waals surface area contributed by atoms with Crippen LogP contribution >= 0.6 is 23.1 Å². The summed E-state index contributed by atoms with van der Waals surface area (Å²) in [6.45, 7) is 2.40. The summed E-state index contributed by atoms with van der Waals surface area (Å²) < 4.78 is 5.09. The second-order valence-electron chi connectivity index (χ2n) is 5.61. The van der Waals surface area contributed by atoms with Gasteiger partial charge in [0.15, 0.2) is 20.7 Å². The molecule has 4 rings (SSSR count). The van der Waals surface area contributed by atoms with E-state index in [2.05, 4.69) is 15.0 Å². The van der Waals surface area contributed by atoms with Crippen LogP contribution in [-0.2, 0) is 13.6 Å². The summed E-state index contributed by atoms with van der Waals surface area (Å²) in [4.78, 5) is 35.8. The molecule has 1 aromatic carbocycles. The summed E-state index contributed by atoms with van der Waals surface area (Å²) in [6.07, 6.45) is 3.85. The molecule has 0 spiro atoms. The maximum atomic E-state index is 12.4. The average molecular weight is 385 g/mol. The van der Waals surface area contributed by atoms with E-state index >= 15 is 0 Å². The van der Waals surface area contributed by atoms with Crippen molar-refractivity contribution in [1.82, 2.24) is 24.1 Å². The Morgan fingerprint density at radius 1 is 1.27 bits per heavy atom. The van der Waals surface area contributed by atoms with E-state index < -0.39 is 11.2 Å². The number of nitrogens with zero attached hydrogens (tertiary/aromatic N) is 4. The quantitative estimate of drug-likeness (QED) is 0.546. The van der Waals surface area contributed by atoms with Gasteiger partial charge in [-0.2, -0.15) is 0 Å². The third-order valence-corrected chi connectivity index (χ3v) is 6.04. The van der Waals surface area contributed by atoms with Crippen LogP contribution in [0, 0.1) is 0 Å². The highest BCUT2D eigenvalue weighted by Gasteiger charge is 2.18. The normalized spacial score (nSPS) is 11.9. The molecule has 0 saturated carbocycles. The maximum absolute atomic E-state index is 12.4. The summed E-state index contributed by atoms with van der Waals surface area (Å²) >= 11 is 2.97. The van der Waals surface area contributed by atoms with Crippen molar-refractivity contribution in [2.75, 3.05) is 0 Å². The van der Waals surface area contributed by atoms with Crippen molar-refractivity contribution in [1.29, 1.82) is 0 Å². The topological polar surface area (TPSA) is 85.6 Å². The van der Waals surface area contributed by atoms with Gasteiger partial charge in [0.25, 0.3) is 5.56 Å². The maximum Gasteiger partial charge on any atom is 0.329 e. The van der Waals surface area contributed by atoms with Crippen LogP contribution in [-0.4, -0.2) is 24.1 Å². The highest BCUT2D eigenvalue weighted by molar-refractivity contribution is 8.01. The Labute approximate surface area is 156 Å². The SMILES string of the molecule is CC=CCn1c(Sc2nc3ccccc3s2)nc2c1c(=O)[nH]c(=O)n2C. The minimum atomic E-state index is -0.477. The Kier molecular flexibility index (Phi) is 4.25. The molecular weight excluding hydrogens is 370 g/mol. The van der Waals surface area contributed by atoms with Gasteiger partial charge in [0.2, 0.25) is 0 Å². The van der Waals surface area contributed by atoms with Gasteiger partial charge in [-0.3, -0.25) is 14.3 Å². The largest absolute Gasteiger partial charge is 0.329 e. The predicted octanol–water partition coefficient (Wildman–Crippen LogP) is 2.76. The number of rotatable bonds is 4. The van der Waals surface area contributed by atoms with E-state index in [4.69, 9.17) is 0 Å². The zero-order chi connectivity index (χ0) is 18.3. The van der Waals surface area contributed by atoms with Crippen molar-refractivity contribution in [3.05, 3.63) is 57.3 Å². The highest BCUT2D eigenvalue weighted by atomic mass is 32.2. The second-order valence-corrected chi connectivity index (χ2v) is 7.86. The predicted molar refractivity (Wildman–Crippen MR) is 104 cm³/mol. The summed E-state index contributed by atoms with van der Waals surface area (Å²) in [7, 11) is 1.60. The second kappa shape index (κ2) is 6.58. The molecule has 0 radical (unpaired) electrons. The molecule has 0 saturated heterocycles. The van der Waals surface area contributed by atoms with Gasteiger partial charge in [0.1, 0.15) is 0 Å². The lowest BCUT2D eigenvalue weighted by Crippen LogP contribution is -2.29. The number of hydrogen-bond acceptors (Lipinski definition) is 6. The van der Waals surface area contributed by atoms with Crippen LogP contribution in [0.3, 0.4) is 0 Å². The number of imidazole rings is 1. The molecule has 132 valence electrons. The number of para-hydroxylation sites is 1. The first-order chi connectivity index (χ1) is 12.6. The standard InChI is InChI=1S/C17H15N5O2S2/c1-3-4-9-22-12-13(21(2)15(24)20-14(12)23)19-16(22)26-17-18-10-7-5-6-8-11(10)25-17/h3-8H,9H2,1-2H3,(H,20,23,24). The molecule has 4 aromatic rings. The minimum absolute atomic E-state index is 0.367. The van der Waals surface area contributed by atoms with E-state index in [9.17, 15) is 9.59 Å². The molecule has 0 aliphatic carbocycles. The molecular formula is C17H15N5O2S2. The Morgan fingerprint density at radius 2 is 2.08 bits per heavy atom. The first-order valence-corrected chi connectivity index (χ1v) is 9.56. The summed E-state index contributed by atoms with van der Waals surface area (Å²) in [5, 5.41) is 0.629. The van der Waals surface area contributed by atoms with Crippen molar-refractivity contribution in [2.24, 2.45) is 7.05 Å². The van der Waals surface area contributed by atoms with Crippen LogP contribution in [0.25, 0.3) is 21.4 Å². The molecule has 0 amide bonds. The number of hydrogen-bond donors (Lipinski definition) is 1. The van der Waals surface area contributed by atoms with Crippen LogP contribution < -0.4 is 11.2 Å². The highest BCUT2D eigenvalue weighted by Crippen LogP contribution is 2.34. The van der Waals surface area contributed by atoms with Gasteiger partial charge in [-0.15, -0.1) is 11.3 Å². The summed E-state index contributed by atoms with van der Waals surface area (Å²) in [5.74, 6) is 0. The first kappa shape index (κ1) is 16.8.